The fourth-order valence-electron chi connectivity index (χ4n) is 7.51. The standard InChI is InChI=1S/C30H41NO4/c1-7-19(3)23-20(4)16-29(5)15-18(2)13-14-22(29)24(23)26(32)25-27(35-6)30(34,31-28(25)33)17-21-11-9-8-10-12-21/h7-12,16,18,22-25,27,34H,13-15,17H2,1-6H3,(H,31,33). The monoisotopic (exact) mass is 479 g/mol. The minimum absolute atomic E-state index is 0.0351. The van der Waals surface area contributed by atoms with Crippen molar-refractivity contribution in [3.8, 4) is 0 Å². The minimum Gasteiger partial charge on any atom is -0.375 e. The molecule has 2 N–H and O–H groups in total. The average molecular weight is 480 g/mol. The van der Waals surface area contributed by atoms with E-state index in [1.165, 1.54) is 12.7 Å². The fraction of sp³-hybridized carbons (Fsp3) is 0.600. The maximum Gasteiger partial charge on any atom is 0.235 e. The molecule has 0 aromatic heterocycles. The van der Waals surface area contributed by atoms with Crippen molar-refractivity contribution in [2.24, 2.45) is 35.0 Å². The van der Waals surface area contributed by atoms with Crippen molar-refractivity contribution in [3.63, 3.8) is 0 Å². The molecule has 1 heterocycles. The molecule has 0 radical (unpaired) electrons. The summed E-state index contributed by atoms with van der Waals surface area (Å²) in [4.78, 5) is 27.8. The number of hydrogen-bond acceptors (Lipinski definition) is 4. The molecule has 1 aromatic carbocycles. The highest BCUT2D eigenvalue weighted by atomic mass is 16.5. The first kappa shape index (κ1) is 25.8. The third-order valence-corrected chi connectivity index (χ3v) is 8.99. The molecule has 1 saturated carbocycles. The number of nitrogens with one attached hydrogen (secondary N) is 1. The summed E-state index contributed by atoms with van der Waals surface area (Å²) in [6.07, 6.45) is 6.82. The van der Waals surface area contributed by atoms with E-state index in [0.717, 1.165) is 30.4 Å². The Kier molecular flexibility index (Phi) is 7.14. The van der Waals surface area contributed by atoms with Crippen LogP contribution in [0.2, 0.25) is 0 Å². The van der Waals surface area contributed by atoms with E-state index >= 15 is 0 Å². The molecule has 0 bridgehead atoms. The van der Waals surface area contributed by atoms with Crippen LogP contribution < -0.4 is 5.32 Å². The maximum atomic E-state index is 14.5. The number of amides is 1. The number of ether oxygens (including phenoxy) is 1. The van der Waals surface area contributed by atoms with Crippen molar-refractivity contribution in [3.05, 3.63) is 59.2 Å². The first-order valence-electron chi connectivity index (χ1n) is 13.0. The van der Waals surface area contributed by atoms with Crippen LogP contribution in [0.4, 0.5) is 0 Å². The van der Waals surface area contributed by atoms with Crippen molar-refractivity contribution in [1.82, 2.24) is 5.32 Å². The summed E-state index contributed by atoms with van der Waals surface area (Å²) in [5, 5.41) is 14.3. The third kappa shape index (κ3) is 4.53. The molecule has 1 saturated heterocycles. The molecule has 2 fully saturated rings. The number of rotatable bonds is 6. The van der Waals surface area contributed by atoms with Crippen LogP contribution in [0.1, 0.15) is 59.4 Å². The Morgan fingerprint density at radius 3 is 2.54 bits per heavy atom. The van der Waals surface area contributed by atoms with Crippen LogP contribution in [0.5, 0.6) is 0 Å². The van der Waals surface area contributed by atoms with E-state index < -0.39 is 23.7 Å². The number of methoxy groups -OCH3 is 1. The Bertz CT molecular complexity index is 1030. The summed E-state index contributed by atoms with van der Waals surface area (Å²) in [5.74, 6) is -1.16. The summed E-state index contributed by atoms with van der Waals surface area (Å²) in [7, 11) is 1.48. The third-order valence-electron chi connectivity index (χ3n) is 8.99. The number of fused-ring (bicyclic) bond motifs is 1. The van der Waals surface area contributed by atoms with Crippen LogP contribution in [0.3, 0.4) is 0 Å². The Balaban J connectivity index is 1.73. The predicted octanol–water partition coefficient (Wildman–Crippen LogP) is 4.85. The number of carbonyl (C=O) groups is 2. The lowest BCUT2D eigenvalue weighted by molar-refractivity contribution is -0.146. The quantitative estimate of drug-likeness (QED) is 0.452. The van der Waals surface area contributed by atoms with Gasteiger partial charge >= 0.3 is 0 Å². The van der Waals surface area contributed by atoms with Gasteiger partial charge in [0, 0.05) is 25.4 Å². The summed E-state index contributed by atoms with van der Waals surface area (Å²) in [6.45, 7) is 10.8. The van der Waals surface area contributed by atoms with E-state index in [4.69, 9.17) is 4.74 Å². The molecule has 190 valence electrons. The Morgan fingerprint density at radius 1 is 1.23 bits per heavy atom. The number of aliphatic hydroxyl groups is 1. The first-order chi connectivity index (χ1) is 16.5. The molecule has 3 aliphatic rings. The summed E-state index contributed by atoms with van der Waals surface area (Å²) in [5.41, 5.74) is 1.52. The van der Waals surface area contributed by atoms with Crippen LogP contribution >= 0.6 is 0 Å². The van der Waals surface area contributed by atoms with Crippen LogP contribution in [-0.4, -0.2) is 35.7 Å². The molecule has 1 aromatic rings. The van der Waals surface area contributed by atoms with Crippen LogP contribution in [0, 0.1) is 35.0 Å². The number of hydrogen-bond donors (Lipinski definition) is 2. The van der Waals surface area contributed by atoms with Crippen LogP contribution in [0.15, 0.2) is 53.6 Å². The fourth-order valence-corrected chi connectivity index (χ4v) is 7.51. The number of Topliss-reactive ketones (excluding diaryl/α,β-unsaturated/α-hetero) is 1. The first-order valence-corrected chi connectivity index (χ1v) is 13.0. The second kappa shape index (κ2) is 9.67. The van der Waals surface area contributed by atoms with E-state index in [1.807, 2.05) is 37.3 Å². The molecule has 4 rings (SSSR count). The van der Waals surface area contributed by atoms with Gasteiger partial charge in [-0.25, -0.2) is 0 Å². The van der Waals surface area contributed by atoms with Gasteiger partial charge in [-0.3, -0.25) is 9.59 Å². The largest absolute Gasteiger partial charge is 0.375 e. The molecule has 1 aliphatic heterocycles. The zero-order valence-electron chi connectivity index (χ0n) is 22.0. The van der Waals surface area contributed by atoms with Gasteiger partial charge in [-0.1, -0.05) is 73.9 Å². The zero-order valence-corrected chi connectivity index (χ0v) is 22.0. The van der Waals surface area contributed by atoms with Crippen LogP contribution in [0.25, 0.3) is 0 Å². The highest BCUT2D eigenvalue weighted by Gasteiger charge is 2.60. The lowest BCUT2D eigenvalue weighted by Gasteiger charge is -2.52. The second-order valence-electron chi connectivity index (χ2n) is 11.5. The highest BCUT2D eigenvalue weighted by Crippen LogP contribution is 2.56. The lowest BCUT2D eigenvalue weighted by atomic mass is 9.51. The summed E-state index contributed by atoms with van der Waals surface area (Å²) in [6, 6.07) is 9.51. The minimum atomic E-state index is -1.64. The van der Waals surface area contributed by atoms with Gasteiger partial charge in [-0.15, -0.1) is 0 Å². The normalized spacial score (nSPS) is 39.6. The number of carbonyl (C=O) groups excluding carboxylic acids is 2. The molecule has 2 aliphatic carbocycles. The summed E-state index contributed by atoms with van der Waals surface area (Å²) < 4.78 is 5.74. The van der Waals surface area contributed by atoms with E-state index in [0.29, 0.717) is 5.92 Å². The van der Waals surface area contributed by atoms with Crippen molar-refractivity contribution < 1.29 is 19.4 Å². The van der Waals surface area contributed by atoms with Gasteiger partial charge in [-0.05, 0) is 56.4 Å². The molecule has 35 heavy (non-hydrogen) atoms. The van der Waals surface area contributed by atoms with E-state index in [-0.39, 0.29) is 35.4 Å². The topological polar surface area (TPSA) is 75.6 Å². The molecule has 0 spiro atoms. The molecule has 5 nitrogen and oxygen atoms in total. The predicted molar refractivity (Wildman–Crippen MR) is 137 cm³/mol. The van der Waals surface area contributed by atoms with Crippen molar-refractivity contribution >= 4 is 11.7 Å². The number of benzene rings is 1. The van der Waals surface area contributed by atoms with E-state index in [1.54, 1.807) is 0 Å². The molecular weight excluding hydrogens is 438 g/mol. The van der Waals surface area contributed by atoms with E-state index in [2.05, 4.69) is 45.2 Å². The lowest BCUT2D eigenvalue weighted by Crippen LogP contribution is -2.53. The number of ketones is 1. The van der Waals surface area contributed by atoms with Crippen molar-refractivity contribution in [1.29, 1.82) is 0 Å². The molecular formula is C30H41NO4. The molecule has 5 heteroatoms. The maximum absolute atomic E-state index is 14.5. The zero-order chi connectivity index (χ0) is 25.5. The van der Waals surface area contributed by atoms with Gasteiger partial charge < -0.3 is 15.2 Å². The summed E-state index contributed by atoms with van der Waals surface area (Å²) >= 11 is 0. The average Bonchev–Trinajstić information content (AvgIpc) is 3.05. The van der Waals surface area contributed by atoms with Crippen molar-refractivity contribution in [2.75, 3.05) is 7.11 Å². The van der Waals surface area contributed by atoms with Gasteiger partial charge in [0.15, 0.2) is 11.5 Å². The Morgan fingerprint density at radius 2 is 1.91 bits per heavy atom. The smallest absolute Gasteiger partial charge is 0.235 e. The SMILES string of the molecule is CC=C(C)C1C(C)=CC2(C)CC(C)CCC2C1C(=O)C1C(=O)NC(O)(Cc2ccccc2)C1OC. The van der Waals surface area contributed by atoms with Gasteiger partial charge in [-0.2, -0.15) is 0 Å². The molecule has 1 amide bonds. The second-order valence-corrected chi connectivity index (χ2v) is 11.5. The highest BCUT2D eigenvalue weighted by molar-refractivity contribution is 6.05. The Labute approximate surface area is 210 Å². The number of allylic oxidation sites excluding steroid dienone is 4. The van der Waals surface area contributed by atoms with Gasteiger partial charge in [0.2, 0.25) is 5.91 Å². The van der Waals surface area contributed by atoms with Gasteiger partial charge in [0.05, 0.1) is 0 Å². The van der Waals surface area contributed by atoms with Crippen molar-refractivity contribution in [2.45, 2.75) is 72.1 Å². The van der Waals surface area contributed by atoms with Gasteiger partial charge in [0.1, 0.15) is 12.0 Å². The van der Waals surface area contributed by atoms with E-state index in [9.17, 15) is 14.7 Å². The Hall–Kier alpha value is -2.24. The molecule has 8 unspecified atom stereocenters. The van der Waals surface area contributed by atoms with Gasteiger partial charge in [0.25, 0.3) is 0 Å². The molecule has 8 atom stereocenters. The van der Waals surface area contributed by atoms with Crippen LogP contribution in [-0.2, 0) is 20.7 Å².